The summed E-state index contributed by atoms with van der Waals surface area (Å²) in [6.07, 6.45) is 0. The summed E-state index contributed by atoms with van der Waals surface area (Å²) >= 11 is 0. The maximum absolute atomic E-state index is 4.34. The van der Waals surface area contributed by atoms with Crippen LogP contribution in [-0.2, 0) is 9.14 Å². The van der Waals surface area contributed by atoms with Crippen LogP contribution in [-0.4, -0.2) is 23.8 Å². The van der Waals surface area contributed by atoms with Crippen LogP contribution in [0, 0.1) is 0 Å². The van der Waals surface area contributed by atoms with E-state index in [1.165, 1.54) is 23.8 Å². The second kappa shape index (κ2) is 4.11. The second-order valence-electron chi connectivity index (χ2n) is 0.568. The van der Waals surface area contributed by atoms with Crippen molar-refractivity contribution in [3.8, 4) is 0 Å². The number of hydrogen-bond donors (Lipinski definition) is 0. The van der Waals surface area contributed by atoms with E-state index >= 15 is 0 Å². The zero-order valence-corrected chi connectivity index (χ0v) is 3.39. The molecule has 1 radical (unpaired) electrons. The standard InChI is InChI=1S/B3H4O2/c1-4-3-5-2/h1-2H2. The quantitative estimate of drug-likeness (QED) is 0.338. The summed E-state index contributed by atoms with van der Waals surface area (Å²) in [5, 5.41) is 0. The topological polar surface area (TPSA) is 18.5 Å². The third-order valence-corrected chi connectivity index (χ3v) is 0.192. The molecule has 0 aromatic carbocycles. The molecule has 0 bridgehead atoms. The van der Waals surface area contributed by atoms with Gasteiger partial charge >= 0.3 is 7.69 Å². The summed E-state index contributed by atoms with van der Waals surface area (Å²) < 4.78 is 8.69. The van der Waals surface area contributed by atoms with Crippen molar-refractivity contribution >= 4 is 23.8 Å². The molecule has 0 fully saturated rings. The minimum atomic E-state index is 1.25. The molecule has 0 saturated heterocycles. The molecule has 0 aromatic rings. The van der Waals surface area contributed by atoms with Gasteiger partial charge in [-0.15, -0.1) is 0 Å². The molecular formula is H4B3O2. The van der Waals surface area contributed by atoms with Gasteiger partial charge in [-0.3, -0.25) is 0 Å². The molecule has 0 heterocycles. The molecule has 0 amide bonds. The van der Waals surface area contributed by atoms with E-state index in [-0.39, 0.29) is 0 Å². The van der Waals surface area contributed by atoms with Crippen LogP contribution in [0.4, 0.5) is 0 Å². The molecule has 0 aliphatic heterocycles. The Morgan fingerprint density at radius 2 is 1.60 bits per heavy atom. The molecule has 0 rings (SSSR count). The van der Waals surface area contributed by atoms with Gasteiger partial charge < -0.3 is 9.14 Å². The van der Waals surface area contributed by atoms with Gasteiger partial charge in [0.05, 0.1) is 0 Å². The largest absolute Gasteiger partial charge is 0.484 e. The van der Waals surface area contributed by atoms with E-state index in [9.17, 15) is 0 Å². The molecule has 0 saturated carbocycles. The van der Waals surface area contributed by atoms with Gasteiger partial charge in [0.15, 0.2) is 0 Å². The van der Waals surface area contributed by atoms with E-state index in [0.29, 0.717) is 0 Å². The molecule has 0 aliphatic rings. The first-order chi connectivity index (χ1) is 2.41. The first-order valence-electron chi connectivity index (χ1n) is 1.29. The Bertz CT molecular complexity index is 12.4. The zero-order valence-electron chi connectivity index (χ0n) is 3.39. The first-order valence-corrected chi connectivity index (χ1v) is 1.29. The van der Waals surface area contributed by atoms with Crippen LogP contribution in [0.15, 0.2) is 0 Å². The van der Waals surface area contributed by atoms with E-state index in [1.807, 2.05) is 0 Å². The number of rotatable bonds is 2. The third kappa shape index (κ3) is 4.11. The minimum absolute atomic E-state index is 1.25. The molecule has 0 aromatic heterocycles. The second-order valence-corrected chi connectivity index (χ2v) is 0.568. The van der Waals surface area contributed by atoms with Gasteiger partial charge in [0.25, 0.3) is 0 Å². The summed E-state index contributed by atoms with van der Waals surface area (Å²) in [7, 11) is 4.31. The summed E-state index contributed by atoms with van der Waals surface area (Å²) in [6, 6.07) is 0. The third-order valence-electron chi connectivity index (χ3n) is 0.192. The lowest BCUT2D eigenvalue weighted by atomic mass is 10.3. The maximum atomic E-state index is 4.34. The van der Waals surface area contributed by atoms with Crippen molar-refractivity contribution in [2.24, 2.45) is 0 Å². The smallest absolute Gasteiger partial charge is 0.454 e. The molecule has 25 valence electrons. The van der Waals surface area contributed by atoms with E-state index in [2.05, 4.69) is 9.14 Å². The van der Waals surface area contributed by atoms with Crippen LogP contribution in [0.5, 0.6) is 0 Å². The summed E-state index contributed by atoms with van der Waals surface area (Å²) in [5.74, 6) is 0. The van der Waals surface area contributed by atoms with Gasteiger partial charge in [0.2, 0.25) is 16.1 Å². The lowest BCUT2D eigenvalue weighted by Crippen LogP contribution is -1.96. The van der Waals surface area contributed by atoms with Gasteiger partial charge in [-0.2, -0.15) is 0 Å². The Kier molecular flexibility index (Phi) is 4.21. The normalized spacial score (nSPS) is 7.20. The van der Waals surface area contributed by atoms with Crippen molar-refractivity contribution in [3.63, 3.8) is 0 Å². The highest BCUT2D eigenvalue weighted by Crippen LogP contribution is 1.52. The van der Waals surface area contributed by atoms with Crippen LogP contribution >= 0.6 is 0 Å². The molecule has 5 heteroatoms. The fourth-order valence-electron chi connectivity index (χ4n) is 0.0962. The highest BCUT2D eigenvalue weighted by Gasteiger charge is 1.74. The number of hydrogen-bond acceptors (Lipinski definition) is 2. The van der Waals surface area contributed by atoms with Crippen LogP contribution in [0.1, 0.15) is 0 Å². The van der Waals surface area contributed by atoms with Crippen LogP contribution in [0.3, 0.4) is 0 Å². The van der Waals surface area contributed by atoms with Crippen molar-refractivity contribution in [2.75, 3.05) is 0 Å². The summed E-state index contributed by atoms with van der Waals surface area (Å²) in [6.45, 7) is 0. The van der Waals surface area contributed by atoms with Gasteiger partial charge in [0.1, 0.15) is 0 Å². The predicted octanol–water partition coefficient (Wildman–Crippen LogP) is -2.35. The Labute approximate surface area is 34.0 Å². The van der Waals surface area contributed by atoms with Crippen molar-refractivity contribution in [1.82, 2.24) is 0 Å². The minimum Gasteiger partial charge on any atom is -0.484 e. The van der Waals surface area contributed by atoms with Crippen LogP contribution < -0.4 is 0 Å². The molecule has 2 nitrogen and oxygen atoms in total. The lowest BCUT2D eigenvalue weighted by Gasteiger charge is -1.84. The van der Waals surface area contributed by atoms with Crippen molar-refractivity contribution in [3.05, 3.63) is 0 Å². The molecule has 0 unspecified atom stereocenters. The van der Waals surface area contributed by atoms with E-state index < -0.39 is 0 Å². The van der Waals surface area contributed by atoms with Gasteiger partial charge in [-0.1, -0.05) is 0 Å². The van der Waals surface area contributed by atoms with Gasteiger partial charge in [-0.05, 0) is 0 Å². The van der Waals surface area contributed by atoms with Crippen LogP contribution in [0.2, 0.25) is 0 Å². The molecule has 5 heavy (non-hydrogen) atoms. The highest BCUT2D eigenvalue weighted by molar-refractivity contribution is 6.33. The van der Waals surface area contributed by atoms with Crippen molar-refractivity contribution in [2.45, 2.75) is 0 Å². The average molecular weight is 68.5 g/mol. The summed E-state index contributed by atoms with van der Waals surface area (Å²) in [5.41, 5.74) is 0. The Hall–Kier alpha value is 0.115. The van der Waals surface area contributed by atoms with E-state index in [1.54, 1.807) is 0 Å². The van der Waals surface area contributed by atoms with Crippen molar-refractivity contribution < 1.29 is 9.14 Å². The Morgan fingerprint density at radius 3 is 1.60 bits per heavy atom. The first kappa shape index (κ1) is 5.11. The Morgan fingerprint density at radius 1 is 1.20 bits per heavy atom. The molecule has 0 spiro atoms. The van der Waals surface area contributed by atoms with Crippen LogP contribution in [0.25, 0.3) is 0 Å². The fraction of sp³-hybridized carbons (Fsp3) is 0. The SMILES string of the molecule is BO[B]OB. The monoisotopic (exact) mass is 69.0 g/mol. The van der Waals surface area contributed by atoms with Crippen molar-refractivity contribution in [1.29, 1.82) is 0 Å². The highest BCUT2D eigenvalue weighted by atomic mass is 16.5. The average Bonchev–Trinajstić information content (AvgIpc) is 1.41. The van der Waals surface area contributed by atoms with Gasteiger partial charge in [-0.25, -0.2) is 0 Å². The summed E-state index contributed by atoms with van der Waals surface area (Å²) in [4.78, 5) is 0. The van der Waals surface area contributed by atoms with E-state index in [4.69, 9.17) is 0 Å². The fourth-order valence-corrected chi connectivity index (χ4v) is 0.0962. The van der Waals surface area contributed by atoms with Gasteiger partial charge in [0, 0.05) is 0 Å². The zero-order chi connectivity index (χ0) is 4.12. The predicted molar refractivity (Wildman–Crippen MR) is 25.0 cm³/mol. The molecule has 0 aliphatic carbocycles. The lowest BCUT2D eigenvalue weighted by molar-refractivity contribution is 0.513. The molecule has 0 atom stereocenters. The molecule has 0 N–H and O–H groups in total. The molecular weight excluding hydrogens is 64.4 g/mol. The Balaban J connectivity index is 2.19. The maximum Gasteiger partial charge on any atom is 0.454 e. The van der Waals surface area contributed by atoms with E-state index in [0.717, 1.165) is 0 Å².